The Bertz CT molecular complexity index is 970. The SMILES string of the molecule is COc1ncccc1C(=O)N1CCc2[nH]nc(-c3cccc(F)c3)c2C1. The van der Waals surface area contributed by atoms with Crippen LogP contribution in [-0.2, 0) is 13.0 Å². The molecule has 0 atom stereocenters. The number of carbonyl (C=O) groups excluding carboxylic acids is 1. The Kier molecular flexibility index (Phi) is 4.12. The fourth-order valence-electron chi connectivity index (χ4n) is 3.23. The van der Waals surface area contributed by atoms with Crippen molar-refractivity contribution in [3.8, 4) is 17.1 Å². The minimum absolute atomic E-state index is 0.146. The number of hydrogen-bond donors (Lipinski definition) is 1. The second-order valence-electron chi connectivity index (χ2n) is 6.08. The van der Waals surface area contributed by atoms with Crippen molar-refractivity contribution in [2.45, 2.75) is 13.0 Å². The monoisotopic (exact) mass is 352 g/mol. The quantitative estimate of drug-likeness (QED) is 0.787. The third kappa shape index (κ3) is 2.81. The highest BCUT2D eigenvalue weighted by Crippen LogP contribution is 2.30. The maximum absolute atomic E-state index is 13.6. The molecule has 2 aromatic heterocycles. The van der Waals surface area contributed by atoms with Crippen molar-refractivity contribution in [2.75, 3.05) is 13.7 Å². The number of halogens is 1. The molecule has 0 unspecified atom stereocenters. The summed E-state index contributed by atoms with van der Waals surface area (Å²) in [6, 6.07) is 9.71. The number of benzene rings is 1. The lowest BCUT2D eigenvalue weighted by atomic mass is 10.0. The Labute approximate surface area is 149 Å². The van der Waals surface area contributed by atoms with Gasteiger partial charge in [0, 0.05) is 42.5 Å². The molecule has 1 amide bonds. The summed E-state index contributed by atoms with van der Waals surface area (Å²) in [7, 11) is 1.49. The van der Waals surface area contributed by atoms with Crippen LogP contribution in [0.25, 0.3) is 11.3 Å². The molecule has 26 heavy (non-hydrogen) atoms. The number of aromatic nitrogens is 3. The Hall–Kier alpha value is -3.22. The van der Waals surface area contributed by atoms with Crippen LogP contribution in [0.3, 0.4) is 0 Å². The second kappa shape index (κ2) is 6.59. The van der Waals surface area contributed by atoms with E-state index < -0.39 is 0 Å². The van der Waals surface area contributed by atoms with Crippen molar-refractivity contribution in [1.82, 2.24) is 20.1 Å². The molecule has 0 saturated heterocycles. The lowest BCUT2D eigenvalue weighted by molar-refractivity contribution is 0.0730. The number of amides is 1. The van der Waals surface area contributed by atoms with Gasteiger partial charge in [0.15, 0.2) is 0 Å². The number of rotatable bonds is 3. The number of fused-ring (bicyclic) bond motifs is 1. The zero-order chi connectivity index (χ0) is 18.1. The van der Waals surface area contributed by atoms with E-state index in [1.54, 1.807) is 29.3 Å². The molecule has 0 saturated carbocycles. The lowest BCUT2D eigenvalue weighted by Crippen LogP contribution is -2.36. The molecule has 1 aromatic carbocycles. The van der Waals surface area contributed by atoms with Gasteiger partial charge in [-0.05, 0) is 24.3 Å². The van der Waals surface area contributed by atoms with Crippen LogP contribution in [0.5, 0.6) is 5.88 Å². The molecule has 0 fully saturated rings. The summed E-state index contributed by atoms with van der Waals surface area (Å²) in [5, 5.41) is 7.36. The van der Waals surface area contributed by atoms with Gasteiger partial charge in [-0.25, -0.2) is 9.37 Å². The van der Waals surface area contributed by atoms with Crippen molar-refractivity contribution in [3.05, 3.63) is 65.2 Å². The van der Waals surface area contributed by atoms with Crippen LogP contribution in [-0.4, -0.2) is 39.6 Å². The molecule has 1 N–H and O–H groups in total. The van der Waals surface area contributed by atoms with Gasteiger partial charge < -0.3 is 9.64 Å². The zero-order valence-electron chi connectivity index (χ0n) is 14.2. The fraction of sp³-hybridized carbons (Fsp3) is 0.211. The predicted octanol–water partition coefficient (Wildman–Crippen LogP) is 2.82. The van der Waals surface area contributed by atoms with Crippen molar-refractivity contribution < 1.29 is 13.9 Å². The molecule has 0 bridgehead atoms. The van der Waals surface area contributed by atoms with Crippen molar-refractivity contribution >= 4 is 5.91 Å². The van der Waals surface area contributed by atoms with E-state index in [1.807, 2.05) is 6.07 Å². The van der Waals surface area contributed by atoms with Crippen molar-refractivity contribution in [2.24, 2.45) is 0 Å². The zero-order valence-corrected chi connectivity index (χ0v) is 14.2. The third-order valence-corrected chi connectivity index (χ3v) is 4.51. The number of pyridine rings is 1. The van der Waals surface area contributed by atoms with E-state index in [-0.39, 0.29) is 11.7 Å². The molecular formula is C19H17FN4O2. The fourth-order valence-corrected chi connectivity index (χ4v) is 3.23. The van der Waals surface area contributed by atoms with Crippen LogP contribution in [0.15, 0.2) is 42.6 Å². The van der Waals surface area contributed by atoms with Gasteiger partial charge in [-0.1, -0.05) is 12.1 Å². The standard InChI is InChI=1S/C19H17FN4O2/c1-26-18-14(6-3-8-21-18)19(25)24-9-7-16-15(11-24)17(23-22-16)12-4-2-5-13(20)10-12/h2-6,8,10H,7,9,11H2,1H3,(H,22,23). The molecule has 1 aliphatic rings. The molecule has 0 spiro atoms. The lowest BCUT2D eigenvalue weighted by Gasteiger charge is -2.27. The van der Waals surface area contributed by atoms with Crippen molar-refractivity contribution in [3.63, 3.8) is 0 Å². The molecule has 4 rings (SSSR count). The van der Waals surface area contributed by atoms with Crippen LogP contribution in [0.4, 0.5) is 4.39 Å². The van der Waals surface area contributed by atoms with Crippen LogP contribution in [0.2, 0.25) is 0 Å². The van der Waals surface area contributed by atoms with E-state index in [9.17, 15) is 9.18 Å². The molecule has 3 aromatic rings. The van der Waals surface area contributed by atoms with Gasteiger partial charge in [-0.15, -0.1) is 0 Å². The van der Waals surface area contributed by atoms with Crippen molar-refractivity contribution in [1.29, 1.82) is 0 Å². The van der Waals surface area contributed by atoms with Gasteiger partial charge >= 0.3 is 0 Å². The summed E-state index contributed by atoms with van der Waals surface area (Å²) in [5.41, 5.74) is 3.68. The van der Waals surface area contributed by atoms with E-state index in [1.165, 1.54) is 19.2 Å². The summed E-state index contributed by atoms with van der Waals surface area (Å²) in [6.45, 7) is 0.962. The predicted molar refractivity (Wildman–Crippen MR) is 93.2 cm³/mol. The normalized spacial score (nSPS) is 13.4. The van der Waals surface area contributed by atoms with Gasteiger partial charge in [0.05, 0.1) is 12.8 Å². The first-order chi connectivity index (χ1) is 12.7. The smallest absolute Gasteiger partial charge is 0.259 e. The molecule has 0 radical (unpaired) electrons. The molecule has 7 heteroatoms. The van der Waals surface area contributed by atoms with Gasteiger partial charge in [0.25, 0.3) is 5.91 Å². The molecule has 6 nitrogen and oxygen atoms in total. The highest BCUT2D eigenvalue weighted by molar-refractivity contribution is 5.96. The summed E-state index contributed by atoms with van der Waals surface area (Å²) < 4.78 is 18.8. The van der Waals surface area contributed by atoms with E-state index in [0.717, 1.165) is 11.3 Å². The van der Waals surface area contributed by atoms with Gasteiger partial charge in [-0.2, -0.15) is 5.10 Å². The molecule has 0 aliphatic carbocycles. The minimum Gasteiger partial charge on any atom is -0.480 e. The third-order valence-electron chi connectivity index (χ3n) is 4.51. The minimum atomic E-state index is -0.317. The average molecular weight is 352 g/mol. The average Bonchev–Trinajstić information content (AvgIpc) is 3.10. The molecule has 3 heterocycles. The maximum Gasteiger partial charge on any atom is 0.259 e. The highest BCUT2D eigenvalue weighted by Gasteiger charge is 2.28. The van der Waals surface area contributed by atoms with E-state index >= 15 is 0 Å². The van der Waals surface area contributed by atoms with Gasteiger partial charge in [-0.3, -0.25) is 9.89 Å². The van der Waals surface area contributed by atoms with E-state index in [2.05, 4.69) is 15.2 Å². The summed E-state index contributed by atoms with van der Waals surface area (Å²) in [5.74, 6) is -0.157. The molecular weight excluding hydrogens is 335 g/mol. The Balaban J connectivity index is 1.66. The Morgan fingerprint density at radius 2 is 2.19 bits per heavy atom. The molecule has 132 valence electrons. The van der Waals surface area contributed by atoms with Crippen LogP contribution >= 0.6 is 0 Å². The number of H-pyrrole nitrogens is 1. The van der Waals surface area contributed by atoms with Gasteiger partial charge in [0.1, 0.15) is 11.4 Å². The number of nitrogens with zero attached hydrogens (tertiary/aromatic N) is 3. The number of hydrogen-bond acceptors (Lipinski definition) is 4. The maximum atomic E-state index is 13.6. The topological polar surface area (TPSA) is 71.1 Å². The Morgan fingerprint density at radius 3 is 3.00 bits per heavy atom. The number of ether oxygens (including phenoxy) is 1. The number of methoxy groups -OCH3 is 1. The number of nitrogens with one attached hydrogen (secondary N) is 1. The first-order valence-electron chi connectivity index (χ1n) is 8.27. The van der Waals surface area contributed by atoms with Gasteiger partial charge in [0.2, 0.25) is 5.88 Å². The first-order valence-corrected chi connectivity index (χ1v) is 8.27. The summed E-state index contributed by atoms with van der Waals surface area (Å²) >= 11 is 0. The van der Waals surface area contributed by atoms with E-state index in [4.69, 9.17) is 4.74 Å². The van der Waals surface area contributed by atoms with Crippen LogP contribution in [0, 0.1) is 5.82 Å². The number of aromatic amines is 1. The number of carbonyl (C=O) groups is 1. The summed E-state index contributed by atoms with van der Waals surface area (Å²) in [4.78, 5) is 18.8. The van der Waals surface area contributed by atoms with Crippen LogP contribution < -0.4 is 4.74 Å². The highest BCUT2D eigenvalue weighted by atomic mass is 19.1. The second-order valence-corrected chi connectivity index (χ2v) is 6.08. The summed E-state index contributed by atoms with van der Waals surface area (Å²) in [6.07, 6.45) is 2.24. The van der Waals surface area contributed by atoms with Crippen LogP contribution in [0.1, 0.15) is 21.6 Å². The largest absolute Gasteiger partial charge is 0.480 e. The molecule has 1 aliphatic heterocycles. The Morgan fingerprint density at radius 1 is 1.31 bits per heavy atom. The first kappa shape index (κ1) is 16.3. The van der Waals surface area contributed by atoms with E-state index in [0.29, 0.717) is 42.2 Å².